The van der Waals surface area contributed by atoms with Gasteiger partial charge in [-0.05, 0) is 80.0 Å². The lowest BCUT2D eigenvalue weighted by Crippen LogP contribution is -2.65. The Morgan fingerprint density at radius 2 is 1.68 bits per heavy atom. The highest BCUT2D eigenvalue weighted by Gasteiger charge is 2.74. The Balaban J connectivity index is 1.64. The molecule has 5 nitrogen and oxygen atoms in total. The van der Waals surface area contributed by atoms with Gasteiger partial charge in [-0.3, -0.25) is 9.59 Å². The molecule has 5 rings (SSSR count). The molecule has 190 valence electrons. The van der Waals surface area contributed by atoms with Crippen molar-refractivity contribution in [2.45, 2.75) is 118 Å². The van der Waals surface area contributed by atoms with Gasteiger partial charge >= 0.3 is 11.9 Å². The van der Waals surface area contributed by atoms with Crippen molar-refractivity contribution in [3.05, 3.63) is 11.6 Å². The molecule has 1 saturated heterocycles. The smallest absolute Gasteiger partial charge is 0.303 e. The number of epoxide rings is 1. The predicted octanol–water partition coefficient (Wildman–Crippen LogP) is 5.85. The number of fused-ring (bicyclic) bond motifs is 6. The van der Waals surface area contributed by atoms with Crippen molar-refractivity contribution in [1.29, 1.82) is 0 Å². The lowest BCUT2D eigenvalue weighted by molar-refractivity contribution is -0.226. The lowest BCUT2D eigenvalue weighted by Gasteiger charge is -2.64. The first-order chi connectivity index (χ1) is 15.8. The van der Waals surface area contributed by atoms with Gasteiger partial charge in [0, 0.05) is 19.3 Å². The number of ether oxygens (including phenoxy) is 3. The summed E-state index contributed by atoms with van der Waals surface area (Å²) in [7, 11) is 0. The summed E-state index contributed by atoms with van der Waals surface area (Å²) < 4.78 is 18.5. The molecular formula is C29H44O5. The molecule has 0 spiro atoms. The molecule has 5 heteroatoms. The minimum atomic E-state index is -0.487. The van der Waals surface area contributed by atoms with E-state index in [2.05, 4.69) is 47.6 Å². The molecular weight excluding hydrogens is 428 g/mol. The molecule has 34 heavy (non-hydrogen) atoms. The molecule has 3 saturated carbocycles. The highest BCUT2D eigenvalue weighted by atomic mass is 16.6. The molecule has 0 aromatic carbocycles. The number of allylic oxidation sites excluding steroid dienone is 2. The van der Waals surface area contributed by atoms with Gasteiger partial charge in [0.15, 0.2) is 0 Å². The van der Waals surface area contributed by atoms with E-state index in [0.717, 1.165) is 25.7 Å². The van der Waals surface area contributed by atoms with Crippen LogP contribution in [0.5, 0.6) is 0 Å². The molecule has 0 N–H and O–H groups in total. The second kappa shape index (κ2) is 7.57. The number of esters is 2. The maximum atomic E-state index is 12.4. The standard InChI is InChI=1S/C29H44O5/c1-16(2)19-9-12-26(5)20(19)10-13-27(6)21-11-14-28(7)24(34-28)25(33-18(4)31)29(21,8)23(15-22(26)27)32-17(3)30/h10,16,19,21-25H,9,11-15H2,1-8H3. The van der Waals surface area contributed by atoms with Gasteiger partial charge in [-0.25, -0.2) is 0 Å². The summed E-state index contributed by atoms with van der Waals surface area (Å²) in [6.07, 6.45) is 8.03. The predicted molar refractivity (Wildman–Crippen MR) is 130 cm³/mol. The zero-order valence-electron chi connectivity index (χ0n) is 22.4. The topological polar surface area (TPSA) is 65.1 Å². The lowest BCUT2D eigenvalue weighted by atomic mass is 9.41. The van der Waals surface area contributed by atoms with Crippen molar-refractivity contribution in [3.63, 3.8) is 0 Å². The Labute approximate surface area is 205 Å². The minimum Gasteiger partial charge on any atom is -0.462 e. The van der Waals surface area contributed by atoms with Gasteiger partial charge in [0.05, 0.1) is 5.60 Å². The Morgan fingerprint density at radius 3 is 2.29 bits per heavy atom. The maximum Gasteiger partial charge on any atom is 0.303 e. The third kappa shape index (κ3) is 3.21. The van der Waals surface area contributed by atoms with Crippen LogP contribution >= 0.6 is 0 Å². The van der Waals surface area contributed by atoms with E-state index in [4.69, 9.17) is 14.2 Å². The van der Waals surface area contributed by atoms with Crippen LogP contribution in [0, 0.1) is 39.9 Å². The molecule has 0 aromatic rings. The van der Waals surface area contributed by atoms with Crippen LogP contribution in [0.15, 0.2) is 11.6 Å². The zero-order valence-corrected chi connectivity index (χ0v) is 22.4. The second-order valence-corrected chi connectivity index (χ2v) is 13.4. The fourth-order valence-electron chi connectivity index (χ4n) is 9.51. The van der Waals surface area contributed by atoms with Crippen LogP contribution in [0.3, 0.4) is 0 Å². The summed E-state index contributed by atoms with van der Waals surface area (Å²) in [6, 6.07) is 0. The number of hydrogen-bond acceptors (Lipinski definition) is 5. The summed E-state index contributed by atoms with van der Waals surface area (Å²) in [4.78, 5) is 24.7. The Kier molecular flexibility index (Phi) is 5.42. The van der Waals surface area contributed by atoms with Crippen molar-refractivity contribution >= 4 is 11.9 Å². The van der Waals surface area contributed by atoms with Gasteiger partial charge in [0.25, 0.3) is 0 Å². The molecule has 0 radical (unpaired) electrons. The van der Waals surface area contributed by atoms with Crippen molar-refractivity contribution in [3.8, 4) is 0 Å². The van der Waals surface area contributed by atoms with Crippen LogP contribution < -0.4 is 0 Å². The fraction of sp³-hybridized carbons (Fsp3) is 0.862. The number of carbonyl (C=O) groups is 2. The Morgan fingerprint density at radius 1 is 1.00 bits per heavy atom. The van der Waals surface area contributed by atoms with E-state index in [1.165, 1.54) is 26.7 Å². The number of hydrogen-bond donors (Lipinski definition) is 0. The van der Waals surface area contributed by atoms with E-state index in [-0.39, 0.29) is 46.5 Å². The van der Waals surface area contributed by atoms with E-state index < -0.39 is 11.5 Å². The Bertz CT molecular complexity index is 923. The van der Waals surface area contributed by atoms with Crippen molar-refractivity contribution < 1.29 is 23.8 Å². The monoisotopic (exact) mass is 472 g/mol. The van der Waals surface area contributed by atoms with E-state index >= 15 is 0 Å². The molecule has 10 atom stereocenters. The van der Waals surface area contributed by atoms with E-state index in [1.807, 2.05) is 0 Å². The first-order valence-corrected chi connectivity index (χ1v) is 13.5. The largest absolute Gasteiger partial charge is 0.462 e. The van der Waals surface area contributed by atoms with Gasteiger partial charge in [-0.1, -0.05) is 46.3 Å². The van der Waals surface area contributed by atoms with Crippen LogP contribution in [0.2, 0.25) is 0 Å². The van der Waals surface area contributed by atoms with Gasteiger partial charge in [-0.15, -0.1) is 0 Å². The maximum absolute atomic E-state index is 12.4. The number of rotatable bonds is 3. The van der Waals surface area contributed by atoms with Gasteiger partial charge < -0.3 is 14.2 Å². The highest BCUT2D eigenvalue weighted by molar-refractivity contribution is 5.67. The molecule has 0 amide bonds. The average molecular weight is 473 g/mol. The first kappa shape index (κ1) is 24.3. The van der Waals surface area contributed by atoms with Crippen LogP contribution in [-0.2, 0) is 23.8 Å². The fourth-order valence-corrected chi connectivity index (χ4v) is 9.51. The summed E-state index contributed by atoms with van der Waals surface area (Å²) >= 11 is 0. The molecule has 4 aliphatic carbocycles. The van der Waals surface area contributed by atoms with E-state index in [1.54, 1.807) is 5.57 Å². The van der Waals surface area contributed by atoms with Crippen LogP contribution in [0.4, 0.5) is 0 Å². The van der Waals surface area contributed by atoms with E-state index in [0.29, 0.717) is 17.8 Å². The molecule has 10 unspecified atom stereocenters. The number of carbonyl (C=O) groups excluding carboxylic acids is 2. The van der Waals surface area contributed by atoms with Crippen molar-refractivity contribution in [2.24, 2.45) is 39.9 Å². The van der Waals surface area contributed by atoms with Crippen LogP contribution in [0.1, 0.15) is 93.9 Å². The summed E-state index contributed by atoms with van der Waals surface area (Å²) in [5, 5.41) is 0. The van der Waals surface area contributed by atoms with Crippen molar-refractivity contribution in [2.75, 3.05) is 0 Å². The molecule has 0 aromatic heterocycles. The summed E-state index contributed by atoms with van der Waals surface area (Å²) in [5.74, 6) is 1.47. The summed E-state index contributed by atoms with van der Waals surface area (Å²) in [6.45, 7) is 17.0. The zero-order chi connectivity index (χ0) is 24.8. The first-order valence-electron chi connectivity index (χ1n) is 13.5. The van der Waals surface area contributed by atoms with Crippen LogP contribution in [-0.4, -0.2) is 35.9 Å². The molecule has 4 fully saturated rings. The van der Waals surface area contributed by atoms with Gasteiger partial charge in [0.1, 0.15) is 18.3 Å². The third-order valence-corrected chi connectivity index (χ3v) is 11.2. The minimum absolute atomic E-state index is 0.0566. The van der Waals surface area contributed by atoms with Crippen LogP contribution in [0.25, 0.3) is 0 Å². The Hall–Kier alpha value is -1.36. The van der Waals surface area contributed by atoms with E-state index in [9.17, 15) is 9.59 Å². The average Bonchev–Trinajstić information content (AvgIpc) is 3.27. The normalized spacial score (nSPS) is 51.3. The molecule has 5 aliphatic rings. The summed E-state index contributed by atoms with van der Waals surface area (Å²) in [5.41, 5.74) is 1.09. The molecule has 1 heterocycles. The van der Waals surface area contributed by atoms with Gasteiger partial charge in [-0.2, -0.15) is 0 Å². The van der Waals surface area contributed by atoms with Gasteiger partial charge in [0.2, 0.25) is 0 Å². The third-order valence-electron chi connectivity index (χ3n) is 11.2. The van der Waals surface area contributed by atoms with Crippen molar-refractivity contribution in [1.82, 2.24) is 0 Å². The quantitative estimate of drug-likeness (QED) is 0.293. The second-order valence-electron chi connectivity index (χ2n) is 13.4. The molecule has 1 aliphatic heterocycles. The highest BCUT2D eigenvalue weighted by Crippen LogP contribution is 2.72. The molecule has 0 bridgehead atoms. The SMILES string of the molecule is CC(=O)OC1CC2C3(C)CCC(C(C)C)C3=CCC2(C)C2CCC3(C)OC3C(OC(C)=O)C12C.